The molecule has 0 aliphatic carbocycles. The molecular formula is C14H20N6S. The Bertz CT molecular complexity index is 781. The molecular weight excluding hydrogens is 284 g/mol. The summed E-state index contributed by atoms with van der Waals surface area (Å²) in [5.41, 5.74) is 10.1. The molecule has 112 valence electrons. The molecule has 1 atom stereocenters. The Hall–Kier alpha value is -1.89. The lowest BCUT2D eigenvalue weighted by Gasteiger charge is -2.13. The Labute approximate surface area is 127 Å². The maximum Gasteiger partial charge on any atom is 0.203 e. The smallest absolute Gasteiger partial charge is 0.203 e. The van der Waals surface area contributed by atoms with Crippen LogP contribution in [0, 0.1) is 6.92 Å². The lowest BCUT2D eigenvalue weighted by Crippen LogP contribution is -2.12. The lowest BCUT2D eigenvalue weighted by molar-refractivity contribution is 0.629. The van der Waals surface area contributed by atoms with E-state index in [-0.39, 0.29) is 6.04 Å². The van der Waals surface area contributed by atoms with Crippen LogP contribution in [0.15, 0.2) is 5.38 Å². The minimum absolute atomic E-state index is 0.0542. The van der Waals surface area contributed by atoms with Crippen LogP contribution < -0.4 is 5.73 Å². The Morgan fingerprint density at radius 1 is 1.38 bits per heavy atom. The summed E-state index contributed by atoms with van der Waals surface area (Å²) < 4.78 is 3.90. The third-order valence-electron chi connectivity index (χ3n) is 3.63. The van der Waals surface area contributed by atoms with Gasteiger partial charge in [0.15, 0.2) is 5.65 Å². The largest absolute Gasteiger partial charge is 0.369 e. The van der Waals surface area contributed by atoms with Crippen molar-refractivity contribution in [2.75, 3.05) is 5.73 Å². The fourth-order valence-electron chi connectivity index (χ4n) is 2.68. The zero-order valence-corrected chi connectivity index (χ0v) is 13.6. The molecule has 3 heterocycles. The molecule has 21 heavy (non-hydrogen) atoms. The second kappa shape index (κ2) is 5.14. The maximum atomic E-state index is 6.16. The number of nitrogen functional groups attached to an aromatic ring is 1. The van der Waals surface area contributed by atoms with Crippen molar-refractivity contribution in [3.05, 3.63) is 21.8 Å². The number of aromatic nitrogens is 5. The van der Waals surface area contributed by atoms with Crippen molar-refractivity contribution >= 4 is 28.4 Å². The van der Waals surface area contributed by atoms with Gasteiger partial charge in [0.1, 0.15) is 10.5 Å². The molecule has 0 saturated heterocycles. The fraction of sp³-hybridized carbons (Fsp3) is 0.500. The predicted molar refractivity (Wildman–Crippen MR) is 85.6 cm³/mol. The molecule has 0 bridgehead atoms. The topological polar surface area (TPSA) is 74.6 Å². The third kappa shape index (κ3) is 2.21. The molecule has 6 nitrogen and oxygen atoms in total. The molecule has 0 fully saturated rings. The normalized spacial score (nSPS) is 13.1. The number of aryl methyl sites for hydroxylation is 3. The van der Waals surface area contributed by atoms with Gasteiger partial charge in [0.05, 0.1) is 11.7 Å². The number of fused-ring (bicyclic) bond motifs is 1. The number of thiazole rings is 1. The molecule has 1 unspecified atom stereocenters. The van der Waals surface area contributed by atoms with Gasteiger partial charge >= 0.3 is 0 Å². The fourth-order valence-corrected chi connectivity index (χ4v) is 3.52. The Morgan fingerprint density at radius 2 is 2.14 bits per heavy atom. The van der Waals surface area contributed by atoms with Gasteiger partial charge in [0.25, 0.3) is 0 Å². The van der Waals surface area contributed by atoms with E-state index < -0.39 is 0 Å². The second-order valence-electron chi connectivity index (χ2n) is 5.34. The van der Waals surface area contributed by atoms with Crippen LogP contribution in [0.1, 0.15) is 42.7 Å². The molecule has 2 N–H and O–H groups in total. The van der Waals surface area contributed by atoms with Crippen molar-refractivity contribution in [1.82, 2.24) is 24.3 Å². The lowest BCUT2D eigenvalue weighted by atomic mass is 10.2. The van der Waals surface area contributed by atoms with Gasteiger partial charge in [-0.25, -0.2) is 9.97 Å². The summed E-state index contributed by atoms with van der Waals surface area (Å²) in [5, 5.41) is 7.68. The molecule has 0 spiro atoms. The van der Waals surface area contributed by atoms with E-state index in [4.69, 9.17) is 5.73 Å². The quantitative estimate of drug-likeness (QED) is 0.804. The van der Waals surface area contributed by atoms with E-state index in [0.717, 1.165) is 40.4 Å². The van der Waals surface area contributed by atoms with Gasteiger partial charge in [-0.15, -0.1) is 11.3 Å². The van der Waals surface area contributed by atoms with E-state index in [1.54, 1.807) is 11.3 Å². The van der Waals surface area contributed by atoms with Crippen LogP contribution >= 0.6 is 11.3 Å². The summed E-state index contributed by atoms with van der Waals surface area (Å²) in [6.07, 6.45) is 1.96. The SMILES string of the molecule is CCCc1nn(C)c2c1nc(N)n2C(C)c1nc(C)cs1. The van der Waals surface area contributed by atoms with Crippen molar-refractivity contribution < 1.29 is 0 Å². The molecule has 0 saturated carbocycles. The highest BCUT2D eigenvalue weighted by molar-refractivity contribution is 7.09. The van der Waals surface area contributed by atoms with E-state index in [0.29, 0.717) is 5.95 Å². The van der Waals surface area contributed by atoms with Crippen molar-refractivity contribution in [2.24, 2.45) is 7.05 Å². The van der Waals surface area contributed by atoms with E-state index in [9.17, 15) is 0 Å². The highest BCUT2D eigenvalue weighted by Gasteiger charge is 2.23. The van der Waals surface area contributed by atoms with Crippen molar-refractivity contribution in [3.8, 4) is 0 Å². The van der Waals surface area contributed by atoms with Gasteiger partial charge in [0, 0.05) is 18.1 Å². The first-order valence-corrected chi connectivity index (χ1v) is 8.02. The van der Waals surface area contributed by atoms with Crippen LogP contribution in [0.25, 0.3) is 11.2 Å². The first-order chi connectivity index (χ1) is 10.0. The van der Waals surface area contributed by atoms with Gasteiger partial charge in [-0.1, -0.05) is 13.3 Å². The molecule has 3 aromatic heterocycles. The standard InChI is InChI=1S/C14H20N6S/c1-5-6-10-11-13(19(4)18-10)20(14(15)17-11)9(3)12-16-8(2)7-21-12/h7,9H,5-6H2,1-4H3,(H2,15,17). The monoisotopic (exact) mass is 304 g/mol. The number of imidazole rings is 1. The number of anilines is 1. The van der Waals surface area contributed by atoms with Crippen LogP contribution in [0.4, 0.5) is 5.95 Å². The number of rotatable bonds is 4. The summed E-state index contributed by atoms with van der Waals surface area (Å²) in [4.78, 5) is 9.11. The van der Waals surface area contributed by atoms with E-state index >= 15 is 0 Å². The van der Waals surface area contributed by atoms with Crippen LogP contribution in [0.5, 0.6) is 0 Å². The van der Waals surface area contributed by atoms with Gasteiger partial charge < -0.3 is 5.73 Å². The summed E-state index contributed by atoms with van der Waals surface area (Å²) >= 11 is 1.65. The van der Waals surface area contributed by atoms with Gasteiger partial charge in [-0.3, -0.25) is 9.25 Å². The molecule has 3 rings (SSSR count). The van der Waals surface area contributed by atoms with Crippen LogP contribution in [-0.4, -0.2) is 24.3 Å². The minimum Gasteiger partial charge on any atom is -0.369 e. The average molecular weight is 304 g/mol. The average Bonchev–Trinajstić information content (AvgIpc) is 3.07. The third-order valence-corrected chi connectivity index (χ3v) is 4.76. The van der Waals surface area contributed by atoms with E-state index in [1.807, 2.05) is 23.2 Å². The van der Waals surface area contributed by atoms with E-state index in [1.165, 1.54) is 0 Å². The Kier molecular flexibility index (Phi) is 3.44. The van der Waals surface area contributed by atoms with Crippen molar-refractivity contribution in [2.45, 2.75) is 39.7 Å². The summed E-state index contributed by atoms with van der Waals surface area (Å²) in [6.45, 7) is 6.24. The van der Waals surface area contributed by atoms with Crippen LogP contribution in [-0.2, 0) is 13.5 Å². The number of nitrogens with two attached hydrogens (primary N) is 1. The minimum atomic E-state index is 0.0542. The van der Waals surface area contributed by atoms with Crippen LogP contribution in [0.2, 0.25) is 0 Å². The predicted octanol–water partition coefficient (Wildman–Crippen LogP) is 2.68. The zero-order valence-electron chi connectivity index (χ0n) is 12.8. The number of nitrogens with zero attached hydrogens (tertiary/aromatic N) is 5. The highest BCUT2D eigenvalue weighted by Crippen LogP contribution is 2.30. The number of hydrogen-bond donors (Lipinski definition) is 1. The maximum absolute atomic E-state index is 6.16. The second-order valence-corrected chi connectivity index (χ2v) is 6.23. The van der Waals surface area contributed by atoms with Gasteiger partial charge in [-0.2, -0.15) is 5.10 Å². The molecule has 7 heteroatoms. The van der Waals surface area contributed by atoms with Crippen molar-refractivity contribution in [3.63, 3.8) is 0 Å². The molecule has 0 amide bonds. The van der Waals surface area contributed by atoms with Gasteiger partial charge in [0.2, 0.25) is 5.95 Å². The highest BCUT2D eigenvalue weighted by atomic mass is 32.1. The molecule has 0 radical (unpaired) electrons. The van der Waals surface area contributed by atoms with Crippen molar-refractivity contribution in [1.29, 1.82) is 0 Å². The Balaban J connectivity index is 2.16. The Morgan fingerprint density at radius 3 is 2.76 bits per heavy atom. The van der Waals surface area contributed by atoms with Crippen LogP contribution in [0.3, 0.4) is 0 Å². The summed E-state index contributed by atoms with van der Waals surface area (Å²) in [6, 6.07) is 0.0542. The molecule has 0 aliphatic heterocycles. The zero-order chi connectivity index (χ0) is 15.1. The van der Waals surface area contributed by atoms with E-state index in [2.05, 4.69) is 34.3 Å². The molecule has 0 aliphatic rings. The molecule has 3 aromatic rings. The first-order valence-electron chi connectivity index (χ1n) is 7.14. The summed E-state index contributed by atoms with van der Waals surface area (Å²) in [5.74, 6) is 0.524. The molecule has 0 aromatic carbocycles. The number of hydrogen-bond acceptors (Lipinski definition) is 5. The summed E-state index contributed by atoms with van der Waals surface area (Å²) in [7, 11) is 1.94. The van der Waals surface area contributed by atoms with Gasteiger partial charge in [-0.05, 0) is 20.3 Å². The first kappa shape index (κ1) is 14.1.